The van der Waals surface area contributed by atoms with E-state index in [9.17, 15) is 0 Å². The second-order valence-electron chi connectivity index (χ2n) is 7.50. The summed E-state index contributed by atoms with van der Waals surface area (Å²) in [5.41, 5.74) is 3.83. The van der Waals surface area contributed by atoms with Crippen molar-refractivity contribution in [3.63, 3.8) is 0 Å². The van der Waals surface area contributed by atoms with Gasteiger partial charge in [-0.2, -0.15) is 20.1 Å². The van der Waals surface area contributed by atoms with Crippen LogP contribution in [0.1, 0.15) is 24.8 Å². The van der Waals surface area contributed by atoms with Crippen LogP contribution in [0.25, 0.3) is 0 Å². The molecular formula is C20H24BrN7O3. The Balaban J connectivity index is 1.37. The third-order valence-corrected chi connectivity index (χ3v) is 6.09. The number of fused-ring (bicyclic) bond motifs is 1. The molecule has 0 spiro atoms. The van der Waals surface area contributed by atoms with E-state index in [1.54, 1.807) is 6.21 Å². The van der Waals surface area contributed by atoms with Crippen LogP contribution in [0.2, 0.25) is 0 Å². The molecule has 1 aromatic heterocycles. The predicted molar refractivity (Wildman–Crippen MR) is 120 cm³/mol. The molecule has 0 unspecified atom stereocenters. The van der Waals surface area contributed by atoms with Crippen molar-refractivity contribution in [2.24, 2.45) is 5.10 Å². The molecule has 4 heterocycles. The normalized spacial score (nSPS) is 18.6. The van der Waals surface area contributed by atoms with Crippen LogP contribution in [0, 0.1) is 0 Å². The lowest BCUT2D eigenvalue weighted by Gasteiger charge is -2.30. The summed E-state index contributed by atoms with van der Waals surface area (Å²) in [6.07, 6.45) is 5.25. The Morgan fingerprint density at radius 2 is 1.58 bits per heavy atom. The predicted octanol–water partition coefficient (Wildman–Crippen LogP) is 2.64. The molecule has 0 saturated carbocycles. The average Bonchev–Trinajstić information content (AvgIpc) is 3.27. The highest BCUT2D eigenvalue weighted by Crippen LogP contribution is 2.36. The number of halogens is 1. The first-order chi connectivity index (χ1) is 15.3. The van der Waals surface area contributed by atoms with Crippen LogP contribution in [-0.2, 0) is 4.74 Å². The molecule has 0 bridgehead atoms. The number of anilines is 3. The lowest BCUT2D eigenvalue weighted by atomic mass is 10.1. The fourth-order valence-corrected chi connectivity index (χ4v) is 4.16. The Hall–Kier alpha value is -2.66. The molecule has 0 atom stereocenters. The number of aromatic nitrogens is 3. The van der Waals surface area contributed by atoms with Gasteiger partial charge in [0.05, 0.1) is 19.4 Å². The number of nitrogens with one attached hydrogen (secondary N) is 1. The monoisotopic (exact) mass is 489 g/mol. The van der Waals surface area contributed by atoms with Crippen LogP contribution in [0.15, 0.2) is 21.7 Å². The Morgan fingerprint density at radius 3 is 2.32 bits per heavy atom. The third-order valence-electron chi connectivity index (χ3n) is 5.40. The molecule has 10 nitrogen and oxygen atoms in total. The van der Waals surface area contributed by atoms with Gasteiger partial charge in [0, 0.05) is 36.2 Å². The van der Waals surface area contributed by atoms with Crippen LogP contribution in [0.5, 0.6) is 11.5 Å². The van der Waals surface area contributed by atoms with Crippen LogP contribution in [0.3, 0.4) is 0 Å². The second-order valence-corrected chi connectivity index (χ2v) is 8.36. The Labute approximate surface area is 188 Å². The summed E-state index contributed by atoms with van der Waals surface area (Å²) in [6.45, 7) is 5.01. The van der Waals surface area contributed by atoms with Gasteiger partial charge >= 0.3 is 0 Å². The minimum atomic E-state index is 0.231. The van der Waals surface area contributed by atoms with E-state index >= 15 is 0 Å². The van der Waals surface area contributed by atoms with Gasteiger partial charge in [-0.3, -0.25) is 0 Å². The van der Waals surface area contributed by atoms with Gasteiger partial charge < -0.3 is 24.0 Å². The van der Waals surface area contributed by atoms with Crippen molar-refractivity contribution in [3.05, 3.63) is 22.2 Å². The number of hydrogen-bond acceptors (Lipinski definition) is 10. The maximum absolute atomic E-state index is 5.47. The molecule has 1 aromatic carbocycles. The minimum Gasteiger partial charge on any atom is -0.454 e. The van der Waals surface area contributed by atoms with Crippen molar-refractivity contribution >= 4 is 40.0 Å². The maximum atomic E-state index is 5.47. The summed E-state index contributed by atoms with van der Waals surface area (Å²) in [4.78, 5) is 18.3. The van der Waals surface area contributed by atoms with Gasteiger partial charge in [-0.15, -0.1) is 0 Å². The van der Waals surface area contributed by atoms with Crippen molar-refractivity contribution in [1.29, 1.82) is 0 Å². The van der Waals surface area contributed by atoms with E-state index in [0.29, 0.717) is 36.8 Å². The molecule has 2 saturated heterocycles. The number of hydrazone groups is 1. The highest BCUT2D eigenvalue weighted by atomic mass is 79.9. The molecule has 0 amide bonds. The molecule has 5 rings (SSSR count). The van der Waals surface area contributed by atoms with Crippen molar-refractivity contribution in [2.75, 3.05) is 61.4 Å². The van der Waals surface area contributed by atoms with Crippen molar-refractivity contribution in [1.82, 2.24) is 15.0 Å². The van der Waals surface area contributed by atoms with E-state index in [1.165, 1.54) is 6.42 Å². The van der Waals surface area contributed by atoms with E-state index in [2.05, 4.69) is 46.2 Å². The fourth-order valence-electron chi connectivity index (χ4n) is 3.74. The SMILES string of the molecule is Brc1cc2c(cc1C=NNc1nc(N3CCCCC3)nc(N3CCOCC3)n1)OCO2. The van der Waals surface area contributed by atoms with Crippen molar-refractivity contribution < 1.29 is 14.2 Å². The van der Waals surface area contributed by atoms with Gasteiger partial charge in [-0.25, -0.2) is 5.43 Å². The largest absolute Gasteiger partial charge is 0.454 e. The molecule has 31 heavy (non-hydrogen) atoms. The lowest BCUT2D eigenvalue weighted by molar-refractivity contribution is 0.122. The summed E-state index contributed by atoms with van der Waals surface area (Å²) in [5, 5.41) is 4.35. The van der Waals surface area contributed by atoms with Gasteiger partial charge in [0.15, 0.2) is 11.5 Å². The van der Waals surface area contributed by atoms with E-state index < -0.39 is 0 Å². The maximum Gasteiger partial charge on any atom is 0.250 e. The summed E-state index contributed by atoms with van der Waals surface area (Å²) in [5.74, 6) is 3.19. The topological polar surface area (TPSA) is 97.2 Å². The lowest BCUT2D eigenvalue weighted by Crippen LogP contribution is -2.38. The fraction of sp³-hybridized carbons (Fsp3) is 0.500. The van der Waals surface area contributed by atoms with Crippen LogP contribution < -0.4 is 24.7 Å². The smallest absolute Gasteiger partial charge is 0.250 e. The zero-order valence-corrected chi connectivity index (χ0v) is 18.7. The highest BCUT2D eigenvalue weighted by molar-refractivity contribution is 9.10. The minimum absolute atomic E-state index is 0.231. The standard InChI is InChI=1S/C20H24BrN7O3/c21-15-11-17-16(30-13-31-17)10-14(15)12-22-26-18-23-19(27-4-2-1-3-5-27)25-20(24-18)28-6-8-29-9-7-28/h10-12H,1-9,13H2,(H,23,24,25,26). The molecule has 164 valence electrons. The molecule has 3 aliphatic heterocycles. The number of hydrogen-bond donors (Lipinski definition) is 1. The average molecular weight is 490 g/mol. The Bertz CT molecular complexity index is 926. The van der Waals surface area contributed by atoms with E-state index in [4.69, 9.17) is 19.2 Å². The van der Waals surface area contributed by atoms with Gasteiger partial charge in [-0.05, 0) is 47.3 Å². The van der Waals surface area contributed by atoms with Gasteiger partial charge in [0.1, 0.15) is 0 Å². The van der Waals surface area contributed by atoms with Crippen LogP contribution in [-0.4, -0.2) is 67.4 Å². The Morgan fingerprint density at radius 1 is 0.903 bits per heavy atom. The number of morpholine rings is 1. The highest BCUT2D eigenvalue weighted by Gasteiger charge is 2.20. The molecule has 3 aliphatic rings. The van der Waals surface area contributed by atoms with Gasteiger partial charge in [-0.1, -0.05) is 0 Å². The Kier molecular flexibility index (Phi) is 6.03. The summed E-state index contributed by atoms with van der Waals surface area (Å²) < 4.78 is 17.2. The number of piperidine rings is 1. The van der Waals surface area contributed by atoms with Crippen molar-refractivity contribution in [2.45, 2.75) is 19.3 Å². The molecular weight excluding hydrogens is 466 g/mol. The van der Waals surface area contributed by atoms with Crippen LogP contribution >= 0.6 is 15.9 Å². The first-order valence-corrected chi connectivity index (χ1v) is 11.3. The first-order valence-electron chi connectivity index (χ1n) is 10.5. The van der Waals surface area contributed by atoms with E-state index in [-0.39, 0.29) is 6.79 Å². The molecule has 0 aliphatic carbocycles. The van der Waals surface area contributed by atoms with Crippen LogP contribution in [0.4, 0.5) is 17.8 Å². The van der Waals surface area contributed by atoms with Gasteiger partial charge in [0.25, 0.3) is 0 Å². The summed E-state index contributed by atoms with van der Waals surface area (Å²) >= 11 is 3.54. The quantitative estimate of drug-likeness (QED) is 0.501. The number of nitrogens with zero attached hydrogens (tertiary/aromatic N) is 6. The molecule has 2 aromatic rings. The zero-order chi connectivity index (χ0) is 21.0. The molecule has 0 radical (unpaired) electrons. The van der Waals surface area contributed by atoms with Crippen molar-refractivity contribution in [3.8, 4) is 11.5 Å². The van der Waals surface area contributed by atoms with Gasteiger partial charge in [0.2, 0.25) is 24.6 Å². The van der Waals surface area contributed by atoms with E-state index in [1.807, 2.05) is 12.1 Å². The summed E-state index contributed by atoms with van der Waals surface area (Å²) in [7, 11) is 0. The summed E-state index contributed by atoms with van der Waals surface area (Å²) in [6, 6.07) is 3.75. The molecule has 11 heteroatoms. The second kappa shape index (κ2) is 9.23. The van der Waals surface area contributed by atoms with E-state index in [0.717, 1.165) is 54.8 Å². The number of ether oxygens (including phenoxy) is 3. The first kappa shape index (κ1) is 20.3. The molecule has 1 N–H and O–H groups in total. The third kappa shape index (κ3) is 4.67. The zero-order valence-electron chi connectivity index (χ0n) is 17.1. The number of benzene rings is 1. The molecule has 2 fully saturated rings. The number of rotatable bonds is 5.